The van der Waals surface area contributed by atoms with Crippen LogP contribution in [0, 0.1) is 11.3 Å². The first-order valence-electron chi connectivity index (χ1n) is 8.56. The Bertz CT molecular complexity index is 587. The first kappa shape index (κ1) is 16.9. The number of anilines is 2. The van der Waals surface area contributed by atoms with E-state index in [1.807, 2.05) is 6.07 Å². The zero-order valence-electron chi connectivity index (χ0n) is 13.9. The van der Waals surface area contributed by atoms with Crippen LogP contribution in [0.3, 0.4) is 0 Å². The Morgan fingerprint density at radius 2 is 1.92 bits per heavy atom. The fraction of sp³-hybridized carbons (Fsp3) is 0.688. The number of aliphatic hydroxyl groups excluding tert-OH is 1. The molecule has 0 aliphatic carbocycles. The molecule has 0 unspecified atom stereocenters. The number of nitrogen functional groups attached to an aromatic ring is 1. The number of hydrogen-bond acceptors (Lipinski definition) is 8. The smallest absolute Gasteiger partial charge is 0.227 e. The molecule has 8 heteroatoms. The van der Waals surface area contributed by atoms with Gasteiger partial charge in [-0.25, -0.2) is 4.98 Å². The van der Waals surface area contributed by atoms with Crippen LogP contribution in [-0.4, -0.2) is 83.3 Å². The van der Waals surface area contributed by atoms with Crippen molar-refractivity contribution in [1.82, 2.24) is 19.8 Å². The molecule has 1 aromatic heterocycles. The van der Waals surface area contributed by atoms with Crippen molar-refractivity contribution in [2.45, 2.75) is 18.9 Å². The summed E-state index contributed by atoms with van der Waals surface area (Å²) in [7, 11) is 0. The molecule has 130 valence electrons. The van der Waals surface area contributed by atoms with E-state index in [9.17, 15) is 0 Å². The van der Waals surface area contributed by atoms with Gasteiger partial charge in [0.05, 0.1) is 12.8 Å². The predicted molar refractivity (Wildman–Crippen MR) is 91.5 cm³/mol. The highest BCUT2D eigenvalue weighted by Crippen LogP contribution is 2.22. The van der Waals surface area contributed by atoms with E-state index in [4.69, 9.17) is 16.1 Å². The lowest BCUT2D eigenvalue weighted by Gasteiger charge is -2.42. The molecule has 0 atom stereocenters. The first-order chi connectivity index (χ1) is 11.7. The molecule has 0 saturated carbocycles. The maximum absolute atomic E-state index is 9.02. The molecule has 0 amide bonds. The van der Waals surface area contributed by atoms with Crippen molar-refractivity contribution >= 4 is 11.8 Å². The highest BCUT2D eigenvalue weighted by Gasteiger charge is 2.28. The largest absolute Gasteiger partial charge is 0.395 e. The summed E-state index contributed by atoms with van der Waals surface area (Å²) in [5, 5.41) is 17.9. The van der Waals surface area contributed by atoms with Gasteiger partial charge in [0, 0.05) is 51.9 Å². The van der Waals surface area contributed by atoms with Crippen LogP contribution in [0.1, 0.15) is 18.4 Å². The van der Waals surface area contributed by atoms with Gasteiger partial charge in [0.15, 0.2) is 0 Å². The van der Waals surface area contributed by atoms with Crippen LogP contribution in [0.4, 0.5) is 11.8 Å². The Kier molecular flexibility index (Phi) is 5.45. The van der Waals surface area contributed by atoms with Gasteiger partial charge < -0.3 is 15.7 Å². The molecule has 2 fully saturated rings. The highest BCUT2D eigenvalue weighted by atomic mass is 16.3. The third kappa shape index (κ3) is 3.75. The lowest BCUT2D eigenvalue weighted by Crippen LogP contribution is -2.53. The van der Waals surface area contributed by atoms with Gasteiger partial charge in [-0.1, -0.05) is 0 Å². The number of aliphatic hydroxyl groups is 1. The molecular formula is C16H25N7O. The minimum absolute atomic E-state index is 0.242. The van der Waals surface area contributed by atoms with Gasteiger partial charge in [-0.2, -0.15) is 10.2 Å². The monoisotopic (exact) mass is 331 g/mol. The second-order valence-corrected chi connectivity index (χ2v) is 6.40. The van der Waals surface area contributed by atoms with E-state index in [0.717, 1.165) is 58.7 Å². The summed E-state index contributed by atoms with van der Waals surface area (Å²) in [5.41, 5.74) is 6.12. The molecule has 3 heterocycles. The second kappa shape index (κ2) is 7.75. The van der Waals surface area contributed by atoms with Gasteiger partial charge in [-0.15, -0.1) is 0 Å². The van der Waals surface area contributed by atoms with Crippen LogP contribution in [0.2, 0.25) is 0 Å². The van der Waals surface area contributed by atoms with Gasteiger partial charge in [0.2, 0.25) is 5.95 Å². The van der Waals surface area contributed by atoms with Crippen LogP contribution >= 0.6 is 0 Å². The van der Waals surface area contributed by atoms with Gasteiger partial charge in [0.25, 0.3) is 0 Å². The summed E-state index contributed by atoms with van der Waals surface area (Å²) in [5.74, 6) is 0.877. The molecule has 2 aliphatic heterocycles. The Labute approximate surface area is 142 Å². The van der Waals surface area contributed by atoms with Gasteiger partial charge >= 0.3 is 0 Å². The van der Waals surface area contributed by atoms with Crippen LogP contribution in [0.15, 0.2) is 6.20 Å². The summed E-state index contributed by atoms with van der Waals surface area (Å²) in [6.07, 6.45) is 3.68. The SMILES string of the molecule is N#Cc1cnc(N2CCC(N3CCN(CCO)CC3)CC2)nc1N. The number of hydrogen-bond donors (Lipinski definition) is 2. The van der Waals surface area contributed by atoms with E-state index in [0.29, 0.717) is 17.6 Å². The third-order valence-electron chi connectivity index (χ3n) is 5.01. The minimum Gasteiger partial charge on any atom is -0.395 e. The van der Waals surface area contributed by atoms with E-state index >= 15 is 0 Å². The molecule has 0 spiro atoms. The summed E-state index contributed by atoms with van der Waals surface area (Å²) >= 11 is 0. The lowest BCUT2D eigenvalue weighted by molar-refractivity contribution is 0.0746. The van der Waals surface area contributed by atoms with E-state index in [1.54, 1.807) is 0 Å². The molecule has 1 aromatic rings. The molecule has 3 rings (SSSR count). The number of nitrogens with two attached hydrogens (primary N) is 1. The number of rotatable bonds is 4. The summed E-state index contributed by atoms with van der Waals surface area (Å²) < 4.78 is 0. The Balaban J connectivity index is 1.51. The predicted octanol–water partition coefficient (Wildman–Crippen LogP) is -0.491. The van der Waals surface area contributed by atoms with E-state index in [2.05, 4.69) is 24.7 Å². The van der Waals surface area contributed by atoms with E-state index in [1.165, 1.54) is 6.20 Å². The van der Waals surface area contributed by atoms with Crippen molar-refractivity contribution in [3.63, 3.8) is 0 Å². The molecule has 0 bridgehead atoms. The second-order valence-electron chi connectivity index (χ2n) is 6.40. The molecule has 0 aromatic carbocycles. The van der Waals surface area contributed by atoms with Crippen molar-refractivity contribution in [2.24, 2.45) is 0 Å². The van der Waals surface area contributed by atoms with Crippen molar-refractivity contribution in [1.29, 1.82) is 5.26 Å². The summed E-state index contributed by atoms with van der Waals surface area (Å²) in [6, 6.07) is 2.60. The van der Waals surface area contributed by atoms with Crippen LogP contribution in [-0.2, 0) is 0 Å². The fourth-order valence-corrected chi connectivity index (χ4v) is 3.55. The van der Waals surface area contributed by atoms with Crippen molar-refractivity contribution in [3.8, 4) is 6.07 Å². The standard InChI is InChI=1S/C16H25N7O/c17-11-13-12-19-16(20-15(13)18)23-3-1-14(2-4-23)22-7-5-21(6-8-22)9-10-24/h12,14,24H,1-10H2,(H2,18,19,20). The van der Waals surface area contributed by atoms with E-state index in [-0.39, 0.29) is 12.4 Å². The molecule has 0 radical (unpaired) electrons. The lowest BCUT2D eigenvalue weighted by atomic mass is 10.0. The molecule has 3 N–H and O–H groups in total. The molecular weight excluding hydrogens is 306 g/mol. The van der Waals surface area contributed by atoms with Crippen molar-refractivity contribution in [2.75, 3.05) is 63.1 Å². The topological polar surface area (TPSA) is 106 Å². The number of piperidine rings is 1. The molecule has 2 aliphatic rings. The normalized spacial score (nSPS) is 20.9. The van der Waals surface area contributed by atoms with Crippen molar-refractivity contribution < 1.29 is 5.11 Å². The zero-order chi connectivity index (χ0) is 16.9. The number of nitriles is 1. The summed E-state index contributed by atoms with van der Waals surface area (Å²) in [4.78, 5) is 15.6. The van der Waals surface area contributed by atoms with Gasteiger partial charge in [-0.05, 0) is 12.8 Å². The number of aromatic nitrogens is 2. The quantitative estimate of drug-likeness (QED) is 0.761. The van der Waals surface area contributed by atoms with Crippen LogP contribution in [0.5, 0.6) is 0 Å². The van der Waals surface area contributed by atoms with Crippen LogP contribution in [0.25, 0.3) is 0 Å². The average molecular weight is 331 g/mol. The van der Waals surface area contributed by atoms with Gasteiger partial charge in [-0.3, -0.25) is 9.80 Å². The zero-order valence-corrected chi connectivity index (χ0v) is 13.9. The molecule has 24 heavy (non-hydrogen) atoms. The van der Waals surface area contributed by atoms with E-state index < -0.39 is 0 Å². The number of β-amino-alcohol motifs (C(OH)–C–C–N with tert-alkyl or cyclic N) is 1. The first-order valence-corrected chi connectivity index (χ1v) is 8.56. The third-order valence-corrected chi connectivity index (χ3v) is 5.01. The molecule has 2 saturated heterocycles. The number of nitrogens with zero attached hydrogens (tertiary/aromatic N) is 6. The maximum atomic E-state index is 9.02. The van der Waals surface area contributed by atoms with Gasteiger partial charge in [0.1, 0.15) is 17.5 Å². The Morgan fingerprint density at radius 3 is 2.50 bits per heavy atom. The maximum Gasteiger partial charge on any atom is 0.227 e. The highest BCUT2D eigenvalue weighted by molar-refractivity contribution is 5.50. The van der Waals surface area contributed by atoms with Crippen molar-refractivity contribution in [3.05, 3.63) is 11.8 Å². The van der Waals surface area contributed by atoms with Crippen LogP contribution < -0.4 is 10.6 Å². The Hall–Kier alpha value is -1.95. The molecule has 8 nitrogen and oxygen atoms in total. The Morgan fingerprint density at radius 1 is 1.21 bits per heavy atom. The summed E-state index contributed by atoms with van der Waals surface area (Å²) in [6.45, 7) is 7.07. The minimum atomic E-state index is 0.242. The average Bonchev–Trinajstić information content (AvgIpc) is 2.63. The fourth-order valence-electron chi connectivity index (χ4n) is 3.55. The number of piperazine rings is 1.